The average molecular weight is 412 g/mol. The molecule has 148 valence electrons. The molecule has 4 rings (SSSR count). The zero-order valence-electron chi connectivity index (χ0n) is 15.4. The van der Waals surface area contributed by atoms with Crippen molar-refractivity contribution in [1.29, 1.82) is 0 Å². The van der Waals surface area contributed by atoms with E-state index in [1.165, 1.54) is 0 Å². The minimum Gasteiger partial charge on any atom is -0.454 e. The number of ether oxygens (including phenoxy) is 2. The summed E-state index contributed by atoms with van der Waals surface area (Å²) in [6.07, 6.45) is 3.45. The van der Waals surface area contributed by atoms with E-state index in [0.717, 1.165) is 5.56 Å². The van der Waals surface area contributed by atoms with Gasteiger partial charge < -0.3 is 14.8 Å². The molecule has 2 N–H and O–H groups in total. The van der Waals surface area contributed by atoms with Crippen molar-refractivity contribution in [2.24, 2.45) is 0 Å². The zero-order chi connectivity index (χ0) is 20.1. The second kappa shape index (κ2) is 8.81. The fourth-order valence-electron chi connectivity index (χ4n) is 2.84. The number of rotatable bonds is 7. The molecule has 3 aromatic rings. The molecule has 0 radical (unpaired) electrons. The predicted molar refractivity (Wildman–Crippen MR) is 108 cm³/mol. The first-order valence-electron chi connectivity index (χ1n) is 8.92. The van der Waals surface area contributed by atoms with Crippen LogP contribution in [0.3, 0.4) is 0 Å². The summed E-state index contributed by atoms with van der Waals surface area (Å²) in [6.45, 7) is 0.824. The summed E-state index contributed by atoms with van der Waals surface area (Å²) in [6, 6.07) is 14.4. The van der Waals surface area contributed by atoms with Crippen LogP contribution < -0.4 is 20.3 Å². The molecule has 29 heavy (non-hydrogen) atoms. The lowest BCUT2D eigenvalue weighted by Crippen LogP contribution is -2.24. The summed E-state index contributed by atoms with van der Waals surface area (Å²) >= 11 is 6.22. The van der Waals surface area contributed by atoms with E-state index in [1.54, 1.807) is 36.7 Å². The molecular weight excluding hydrogens is 394 g/mol. The maximum atomic E-state index is 12.6. The predicted octanol–water partition coefficient (Wildman–Crippen LogP) is 3.94. The largest absolute Gasteiger partial charge is 0.454 e. The lowest BCUT2D eigenvalue weighted by atomic mass is 10.1. The van der Waals surface area contributed by atoms with Gasteiger partial charge in [0.2, 0.25) is 6.79 Å². The number of fused-ring (bicyclic) bond motifs is 1. The summed E-state index contributed by atoms with van der Waals surface area (Å²) in [5.74, 6) is 0.835. The van der Waals surface area contributed by atoms with Gasteiger partial charge in [-0.05, 0) is 35.9 Å². The van der Waals surface area contributed by atoms with E-state index >= 15 is 0 Å². The molecule has 1 aliphatic heterocycles. The van der Waals surface area contributed by atoms with Crippen molar-refractivity contribution in [3.05, 3.63) is 82.6 Å². The number of hydrogen-bond acceptors (Lipinski definition) is 6. The number of carbonyl (C=O) groups excluding carboxylic acids is 1. The second-order valence-corrected chi connectivity index (χ2v) is 6.68. The molecule has 0 unspecified atom stereocenters. The highest BCUT2D eigenvalue weighted by Gasteiger charge is 2.17. The molecule has 0 spiro atoms. The van der Waals surface area contributed by atoms with Gasteiger partial charge in [-0.25, -0.2) is 5.48 Å². The third kappa shape index (κ3) is 4.59. The molecular formula is C21H18ClN3O4. The number of anilines is 1. The molecule has 1 aromatic heterocycles. The van der Waals surface area contributed by atoms with E-state index in [1.807, 2.05) is 24.3 Å². The van der Waals surface area contributed by atoms with Crippen LogP contribution >= 0.6 is 11.6 Å². The van der Waals surface area contributed by atoms with Crippen LogP contribution in [-0.2, 0) is 18.0 Å². The maximum absolute atomic E-state index is 12.6. The molecule has 0 saturated heterocycles. The topological polar surface area (TPSA) is 81.7 Å². The lowest BCUT2D eigenvalue weighted by molar-refractivity contribution is 0.0234. The Morgan fingerprint density at radius 3 is 2.69 bits per heavy atom. The Balaban J connectivity index is 1.36. The third-order valence-corrected chi connectivity index (χ3v) is 4.69. The highest BCUT2D eigenvalue weighted by atomic mass is 35.5. The Morgan fingerprint density at radius 2 is 1.86 bits per heavy atom. The summed E-state index contributed by atoms with van der Waals surface area (Å²) in [4.78, 5) is 22.0. The number of pyridine rings is 1. The maximum Gasteiger partial charge on any atom is 0.276 e. The van der Waals surface area contributed by atoms with Crippen LogP contribution in [0.4, 0.5) is 5.69 Å². The first-order chi connectivity index (χ1) is 14.2. The fourth-order valence-corrected chi connectivity index (χ4v) is 3.05. The van der Waals surface area contributed by atoms with Crippen LogP contribution in [0, 0.1) is 0 Å². The molecule has 1 aliphatic rings. The van der Waals surface area contributed by atoms with Crippen molar-refractivity contribution in [2.75, 3.05) is 12.1 Å². The molecule has 0 aliphatic carbocycles. The van der Waals surface area contributed by atoms with Gasteiger partial charge in [0.25, 0.3) is 5.91 Å². The van der Waals surface area contributed by atoms with Gasteiger partial charge in [-0.2, -0.15) is 0 Å². The number of nitrogens with one attached hydrogen (secondary N) is 2. The Labute approximate surface area is 172 Å². The van der Waals surface area contributed by atoms with Crippen LogP contribution in [0.5, 0.6) is 11.5 Å². The van der Waals surface area contributed by atoms with E-state index in [-0.39, 0.29) is 19.3 Å². The number of hydroxylamine groups is 1. The van der Waals surface area contributed by atoms with Gasteiger partial charge in [0.1, 0.15) is 6.61 Å². The monoisotopic (exact) mass is 411 g/mol. The van der Waals surface area contributed by atoms with Crippen molar-refractivity contribution < 1.29 is 19.1 Å². The first kappa shape index (κ1) is 19.0. The van der Waals surface area contributed by atoms with Crippen LogP contribution in [0.25, 0.3) is 0 Å². The van der Waals surface area contributed by atoms with Crippen molar-refractivity contribution in [3.63, 3.8) is 0 Å². The lowest BCUT2D eigenvalue weighted by Gasteiger charge is -2.13. The van der Waals surface area contributed by atoms with Gasteiger partial charge in [-0.3, -0.25) is 14.6 Å². The highest BCUT2D eigenvalue weighted by molar-refractivity contribution is 6.31. The van der Waals surface area contributed by atoms with Gasteiger partial charge in [0.15, 0.2) is 11.5 Å². The van der Waals surface area contributed by atoms with Crippen molar-refractivity contribution in [2.45, 2.75) is 13.2 Å². The minimum absolute atomic E-state index is 0.0911. The van der Waals surface area contributed by atoms with Crippen LogP contribution in [0.1, 0.15) is 21.5 Å². The van der Waals surface area contributed by atoms with Crippen LogP contribution in [-0.4, -0.2) is 17.7 Å². The molecule has 0 atom stereocenters. The number of aromatic nitrogens is 1. The molecule has 0 fully saturated rings. The smallest absolute Gasteiger partial charge is 0.276 e. The summed E-state index contributed by atoms with van der Waals surface area (Å²) in [5.41, 5.74) is 5.37. The third-order valence-electron chi connectivity index (χ3n) is 4.34. The van der Waals surface area contributed by atoms with Gasteiger partial charge in [0.05, 0.1) is 10.6 Å². The Hall–Kier alpha value is -3.29. The Kier molecular flexibility index (Phi) is 5.79. The number of carbonyl (C=O) groups is 1. The summed E-state index contributed by atoms with van der Waals surface area (Å²) < 4.78 is 10.6. The number of halogens is 1. The average Bonchev–Trinajstić information content (AvgIpc) is 3.20. The molecule has 0 bridgehead atoms. The Bertz CT molecular complexity index is 1010. The van der Waals surface area contributed by atoms with Gasteiger partial charge in [-0.1, -0.05) is 23.7 Å². The molecule has 2 aromatic carbocycles. The molecule has 7 nitrogen and oxygen atoms in total. The number of hydrogen-bond donors (Lipinski definition) is 2. The van der Waals surface area contributed by atoms with E-state index in [2.05, 4.69) is 15.8 Å². The summed E-state index contributed by atoms with van der Waals surface area (Å²) in [5, 5.41) is 3.74. The van der Waals surface area contributed by atoms with Gasteiger partial charge in [-0.15, -0.1) is 0 Å². The number of nitrogens with zero attached hydrogens (tertiary/aromatic N) is 1. The fraction of sp³-hybridized carbons (Fsp3) is 0.143. The van der Waals surface area contributed by atoms with Crippen LogP contribution in [0.15, 0.2) is 60.9 Å². The highest BCUT2D eigenvalue weighted by Crippen LogP contribution is 2.36. The SMILES string of the molecule is O=C(NOCc1cc2c(cc1Cl)OCO2)c1ccccc1NCc1ccncc1. The van der Waals surface area contributed by atoms with Crippen molar-refractivity contribution in [1.82, 2.24) is 10.5 Å². The van der Waals surface area contributed by atoms with Crippen molar-refractivity contribution >= 4 is 23.2 Å². The van der Waals surface area contributed by atoms with E-state index in [9.17, 15) is 4.79 Å². The zero-order valence-corrected chi connectivity index (χ0v) is 16.1. The molecule has 1 amide bonds. The number of amides is 1. The quantitative estimate of drug-likeness (QED) is 0.573. The van der Waals surface area contributed by atoms with Crippen molar-refractivity contribution in [3.8, 4) is 11.5 Å². The van der Waals surface area contributed by atoms with E-state index in [4.69, 9.17) is 25.9 Å². The van der Waals surface area contributed by atoms with E-state index < -0.39 is 0 Å². The van der Waals surface area contributed by atoms with Crippen LogP contribution in [0.2, 0.25) is 5.02 Å². The van der Waals surface area contributed by atoms with E-state index in [0.29, 0.717) is 39.9 Å². The van der Waals surface area contributed by atoms with Gasteiger partial charge in [0, 0.05) is 36.3 Å². The molecule has 0 saturated carbocycles. The normalized spacial score (nSPS) is 11.9. The Morgan fingerprint density at radius 1 is 1.10 bits per heavy atom. The number of benzene rings is 2. The minimum atomic E-state index is -0.361. The molecule has 2 heterocycles. The first-order valence-corrected chi connectivity index (χ1v) is 9.30. The van der Waals surface area contributed by atoms with Gasteiger partial charge >= 0.3 is 0 Å². The summed E-state index contributed by atoms with van der Waals surface area (Å²) in [7, 11) is 0. The second-order valence-electron chi connectivity index (χ2n) is 6.27. The molecule has 8 heteroatoms. The standard InChI is InChI=1S/C21H18ClN3O4/c22-17-10-20-19(27-13-28-20)9-15(17)12-29-25-21(26)16-3-1-2-4-18(16)24-11-14-5-7-23-8-6-14/h1-10,24H,11-13H2,(H,25,26). The number of para-hydroxylation sites is 1.